The van der Waals surface area contributed by atoms with E-state index in [2.05, 4.69) is 16.7 Å². The fourth-order valence-electron chi connectivity index (χ4n) is 2.35. The molecular weight excluding hydrogens is 226 g/mol. The van der Waals surface area contributed by atoms with Gasteiger partial charge in [0, 0.05) is 37.2 Å². The molecule has 2 heterocycles. The summed E-state index contributed by atoms with van der Waals surface area (Å²) in [7, 11) is 3.98. The van der Waals surface area contributed by atoms with Gasteiger partial charge < -0.3 is 15.5 Å². The quantitative estimate of drug-likeness (QED) is 0.790. The topological polar surface area (TPSA) is 44.4 Å². The minimum atomic E-state index is 0.0708. The standard InChI is InChI=1S/C14H15N3O/c1-17(2)8-9-3-4-10-11-7-14(18)16-13(11)6-5-12(10)15-9/h3-6,8,15H,7H2,1-2H3,(H,16,18). The summed E-state index contributed by atoms with van der Waals surface area (Å²) in [5.74, 6) is 0.0708. The molecule has 4 nitrogen and oxygen atoms in total. The van der Waals surface area contributed by atoms with Crippen LogP contribution in [0.2, 0.25) is 0 Å². The van der Waals surface area contributed by atoms with Crippen molar-refractivity contribution in [3.8, 4) is 0 Å². The molecule has 0 radical (unpaired) electrons. The van der Waals surface area contributed by atoms with Crippen molar-refractivity contribution in [2.75, 3.05) is 24.7 Å². The molecule has 3 rings (SSSR count). The largest absolute Gasteiger partial charge is 0.382 e. The Morgan fingerprint density at radius 1 is 1.17 bits per heavy atom. The number of hydrogen-bond acceptors (Lipinski definition) is 3. The van der Waals surface area contributed by atoms with Gasteiger partial charge in [0.2, 0.25) is 5.91 Å². The van der Waals surface area contributed by atoms with Gasteiger partial charge in [0.05, 0.1) is 12.1 Å². The Balaban J connectivity index is 2.02. The van der Waals surface area contributed by atoms with Crippen LogP contribution in [-0.2, 0) is 11.2 Å². The number of anilines is 2. The van der Waals surface area contributed by atoms with Gasteiger partial charge in [-0.05, 0) is 23.8 Å². The van der Waals surface area contributed by atoms with Crippen LogP contribution in [0, 0.1) is 0 Å². The lowest BCUT2D eigenvalue weighted by Gasteiger charge is -2.19. The normalized spacial score (nSPS) is 18.1. The van der Waals surface area contributed by atoms with Crippen LogP contribution in [0.25, 0.3) is 6.08 Å². The molecule has 0 fully saturated rings. The molecule has 0 spiro atoms. The fraction of sp³-hybridized carbons (Fsp3) is 0.214. The van der Waals surface area contributed by atoms with Crippen LogP contribution in [-0.4, -0.2) is 24.9 Å². The predicted molar refractivity (Wildman–Crippen MR) is 73.2 cm³/mol. The van der Waals surface area contributed by atoms with Crippen molar-refractivity contribution in [3.63, 3.8) is 0 Å². The summed E-state index contributed by atoms with van der Waals surface area (Å²) in [6.45, 7) is 0. The lowest BCUT2D eigenvalue weighted by atomic mass is 9.99. The van der Waals surface area contributed by atoms with Gasteiger partial charge in [-0.1, -0.05) is 6.08 Å². The number of benzene rings is 1. The molecule has 0 aromatic heterocycles. The highest BCUT2D eigenvalue weighted by Gasteiger charge is 2.23. The second kappa shape index (κ2) is 3.91. The van der Waals surface area contributed by atoms with Crippen LogP contribution < -0.4 is 10.6 Å². The van der Waals surface area contributed by atoms with Crippen LogP contribution >= 0.6 is 0 Å². The van der Waals surface area contributed by atoms with Crippen LogP contribution in [0.4, 0.5) is 11.4 Å². The van der Waals surface area contributed by atoms with Crippen molar-refractivity contribution in [3.05, 3.63) is 41.2 Å². The Labute approximate surface area is 106 Å². The van der Waals surface area contributed by atoms with Crippen molar-refractivity contribution < 1.29 is 4.79 Å². The highest BCUT2D eigenvalue weighted by atomic mass is 16.1. The van der Waals surface area contributed by atoms with Crippen molar-refractivity contribution in [1.29, 1.82) is 0 Å². The zero-order chi connectivity index (χ0) is 12.7. The molecule has 0 unspecified atom stereocenters. The summed E-state index contributed by atoms with van der Waals surface area (Å²) in [4.78, 5) is 13.4. The minimum absolute atomic E-state index is 0.0708. The molecule has 0 atom stereocenters. The fourth-order valence-corrected chi connectivity index (χ4v) is 2.35. The van der Waals surface area contributed by atoms with E-state index in [1.54, 1.807) is 0 Å². The number of carbonyl (C=O) groups is 1. The third-order valence-electron chi connectivity index (χ3n) is 3.07. The van der Waals surface area contributed by atoms with E-state index in [1.165, 1.54) is 0 Å². The third kappa shape index (κ3) is 1.76. The summed E-state index contributed by atoms with van der Waals surface area (Å²) in [6, 6.07) is 3.96. The predicted octanol–water partition coefficient (Wildman–Crippen LogP) is 2.02. The van der Waals surface area contributed by atoms with Crippen molar-refractivity contribution >= 4 is 23.4 Å². The van der Waals surface area contributed by atoms with Gasteiger partial charge in [-0.25, -0.2) is 0 Å². The van der Waals surface area contributed by atoms with E-state index in [-0.39, 0.29) is 5.91 Å². The van der Waals surface area contributed by atoms with Crippen LogP contribution in [0.3, 0.4) is 0 Å². The number of nitrogens with zero attached hydrogens (tertiary/aromatic N) is 1. The average Bonchev–Trinajstić information content (AvgIpc) is 2.68. The lowest BCUT2D eigenvalue weighted by Crippen LogP contribution is -2.10. The summed E-state index contributed by atoms with van der Waals surface area (Å²) in [5.41, 5.74) is 5.24. The molecule has 2 aliphatic heterocycles. The second-order valence-electron chi connectivity index (χ2n) is 4.78. The smallest absolute Gasteiger partial charge is 0.228 e. The number of hydrogen-bond donors (Lipinski definition) is 2. The number of carbonyl (C=O) groups excluding carboxylic acids is 1. The summed E-state index contributed by atoms with van der Waals surface area (Å²) >= 11 is 0. The van der Waals surface area contributed by atoms with E-state index in [4.69, 9.17) is 0 Å². The van der Waals surface area contributed by atoms with Gasteiger partial charge in [0.25, 0.3) is 0 Å². The first-order valence-electron chi connectivity index (χ1n) is 5.92. The zero-order valence-corrected chi connectivity index (χ0v) is 10.4. The average molecular weight is 241 g/mol. The first-order valence-corrected chi connectivity index (χ1v) is 5.92. The summed E-state index contributed by atoms with van der Waals surface area (Å²) < 4.78 is 0. The Kier molecular flexibility index (Phi) is 2.37. The minimum Gasteiger partial charge on any atom is -0.382 e. The lowest BCUT2D eigenvalue weighted by molar-refractivity contribution is -0.115. The van der Waals surface area contributed by atoms with Crippen LogP contribution in [0.5, 0.6) is 0 Å². The SMILES string of the molecule is CN(C)C=C1C=Cc2c(ccc3c2CC(=O)N3)N1. The first kappa shape index (κ1) is 10.9. The van der Waals surface area contributed by atoms with Crippen molar-refractivity contribution in [2.45, 2.75) is 6.42 Å². The molecule has 92 valence electrons. The highest BCUT2D eigenvalue weighted by molar-refractivity contribution is 6.02. The molecule has 0 saturated heterocycles. The van der Waals surface area contributed by atoms with E-state index in [9.17, 15) is 4.79 Å². The van der Waals surface area contributed by atoms with E-state index in [0.717, 1.165) is 28.2 Å². The maximum Gasteiger partial charge on any atom is 0.228 e. The molecule has 0 bridgehead atoms. The van der Waals surface area contributed by atoms with Gasteiger partial charge >= 0.3 is 0 Å². The molecule has 0 aliphatic carbocycles. The number of amides is 1. The van der Waals surface area contributed by atoms with Gasteiger partial charge in [0.15, 0.2) is 0 Å². The third-order valence-corrected chi connectivity index (χ3v) is 3.07. The molecular formula is C14H15N3O. The Morgan fingerprint density at radius 2 is 1.94 bits per heavy atom. The van der Waals surface area contributed by atoms with Gasteiger partial charge in [-0.2, -0.15) is 0 Å². The Morgan fingerprint density at radius 3 is 2.72 bits per heavy atom. The van der Waals surface area contributed by atoms with Gasteiger partial charge in [-0.15, -0.1) is 0 Å². The molecule has 1 amide bonds. The van der Waals surface area contributed by atoms with Gasteiger partial charge in [-0.3, -0.25) is 4.79 Å². The molecule has 18 heavy (non-hydrogen) atoms. The van der Waals surface area contributed by atoms with Crippen molar-refractivity contribution in [1.82, 2.24) is 4.90 Å². The molecule has 4 heteroatoms. The number of fused-ring (bicyclic) bond motifs is 3. The Hall–Kier alpha value is -2.23. The van der Waals surface area contributed by atoms with Crippen molar-refractivity contribution in [2.24, 2.45) is 0 Å². The van der Waals surface area contributed by atoms with E-state index in [0.29, 0.717) is 6.42 Å². The van der Waals surface area contributed by atoms with E-state index < -0.39 is 0 Å². The molecule has 1 aromatic rings. The zero-order valence-electron chi connectivity index (χ0n) is 10.4. The maximum absolute atomic E-state index is 11.4. The van der Waals surface area contributed by atoms with E-state index >= 15 is 0 Å². The monoisotopic (exact) mass is 241 g/mol. The van der Waals surface area contributed by atoms with Gasteiger partial charge in [0.1, 0.15) is 0 Å². The Bertz CT molecular complexity index is 585. The number of rotatable bonds is 1. The van der Waals surface area contributed by atoms with Crippen LogP contribution in [0.15, 0.2) is 30.1 Å². The maximum atomic E-state index is 11.4. The molecule has 2 N–H and O–H groups in total. The van der Waals surface area contributed by atoms with E-state index in [1.807, 2.05) is 43.4 Å². The first-order chi connectivity index (χ1) is 8.63. The van der Waals surface area contributed by atoms with Crippen LogP contribution in [0.1, 0.15) is 11.1 Å². The molecule has 2 aliphatic rings. The molecule has 1 aromatic carbocycles. The summed E-state index contributed by atoms with van der Waals surface area (Å²) in [5, 5.41) is 6.23. The summed E-state index contributed by atoms with van der Waals surface area (Å²) in [6.07, 6.45) is 6.60. The number of allylic oxidation sites excluding steroid dienone is 1. The number of nitrogens with one attached hydrogen (secondary N) is 2. The molecule has 0 saturated carbocycles. The second-order valence-corrected chi connectivity index (χ2v) is 4.78. The highest BCUT2D eigenvalue weighted by Crippen LogP contribution is 2.35.